The Morgan fingerprint density at radius 3 is 3.15 bits per heavy atom. The highest BCUT2D eigenvalue weighted by molar-refractivity contribution is 5.78. The fourth-order valence-corrected chi connectivity index (χ4v) is 2.93. The number of hydrogen-bond acceptors (Lipinski definition) is 3. The Morgan fingerprint density at radius 1 is 1.54 bits per heavy atom. The van der Waals surface area contributed by atoms with E-state index < -0.39 is 0 Å². The van der Waals surface area contributed by atoms with Gasteiger partial charge in [0.1, 0.15) is 0 Å². The van der Waals surface area contributed by atoms with Gasteiger partial charge in [-0.25, -0.2) is 0 Å². The van der Waals surface area contributed by atoms with E-state index in [9.17, 15) is 4.79 Å². The van der Waals surface area contributed by atoms with E-state index in [4.69, 9.17) is 4.74 Å². The van der Waals surface area contributed by atoms with Gasteiger partial charge in [0, 0.05) is 6.54 Å². The maximum Gasteiger partial charge on any atom is 0.313 e. The van der Waals surface area contributed by atoms with Crippen molar-refractivity contribution in [2.75, 3.05) is 20.2 Å². The summed E-state index contributed by atoms with van der Waals surface area (Å²) in [6.45, 7) is 1.88. The number of fused-ring (bicyclic) bond motifs is 1. The summed E-state index contributed by atoms with van der Waals surface area (Å²) in [4.78, 5) is 11.7. The lowest BCUT2D eigenvalue weighted by molar-refractivity contribution is -0.156. The van der Waals surface area contributed by atoms with Gasteiger partial charge >= 0.3 is 5.97 Å². The molecule has 1 heterocycles. The van der Waals surface area contributed by atoms with E-state index in [0.717, 1.165) is 25.9 Å². The van der Waals surface area contributed by atoms with Gasteiger partial charge in [-0.3, -0.25) is 4.79 Å². The largest absolute Gasteiger partial charge is 0.469 e. The first kappa shape index (κ1) is 9.00. The number of nitrogens with one attached hydrogen (secondary N) is 1. The maximum atomic E-state index is 11.7. The van der Waals surface area contributed by atoms with E-state index in [1.165, 1.54) is 20.0 Å². The molecule has 2 aliphatic rings. The molecule has 0 aromatic rings. The Hall–Kier alpha value is -0.570. The zero-order valence-corrected chi connectivity index (χ0v) is 8.14. The highest BCUT2D eigenvalue weighted by Gasteiger charge is 2.50. The highest BCUT2D eigenvalue weighted by Crippen LogP contribution is 2.47. The maximum absolute atomic E-state index is 11.7. The zero-order valence-electron chi connectivity index (χ0n) is 8.14. The van der Waals surface area contributed by atoms with E-state index in [1.807, 2.05) is 0 Å². The lowest BCUT2D eigenvalue weighted by atomic mass is 9.74. The molecule has 74 valence electrons. The van der Waals surface area contributed by atoms with Crippen molar-refractivity contribution in [3.63, 3.8) is 0 Å². The van der Waals surface area contributed by atoms with E-state index in [2.05, 4.69) is 5.32 Å². The molecule has 13 heavy (non-hydrogen) atoms. The van der Waals surface area contributed by atoms with Crippen LogP contribution in [0.15, 0.2) is 0 Å². The Balaban J connectivity index is 2.20. The second-order valence-electron chi connectivity index (χ2n) is 4.20. The van der Waals surface area contributed by atoms with Crippen LogP contribution in [0.25, 0.3) is 0 Å². The molecule has 0 aromatic heterocycles. The van der Waals surface area contributed by atoms with Crippen LogP contribution in [-0.2, 0) is 9.53 Å². The second-order valence-corrected chi connectivity index (χ2v) is 4.20. The Bertz CT molecular complexity index is 217. The number of esters is 1. The molecule has 3 heteroatoms. The van der Waals surface area contributed by atoms with Gasteiger partial charge < -0.3 is 10.1 Å². The molecule has 1 aliphatic carbocycles. The molecule has 1 saturated heterocycles. The van der Waals surface area contributed by atoms with Crippen LogP contribution in [0.2, 0.25) is 0 Å². The van der Waals surface area contributed by atoms with Crippen LogP contribution in [-0.4, -0.2) is 26.2 Å². The fourth-order valence-electron chi connectivity index (χ4n) is 2.93. The number of hydrogen-bond donors (Lipinski definition) is 1. The Morgan fingerprint density at radius 2 is 2.38 bits per heavy atom. The van der Waals surface area contributed by atoms with Crippen LogP contribution in [0, 0.1) is 11.3 Å². The lowest BCUT2D eigenvalue weighted by Gasteiger charge is -2.37. The van der Waals surface area contributed by atoms with Crippen molar-refractivity contribution in [3.8, 4) is 0 Å². The van der Waals surface area contributed by atoms with Crippen molar-refractivity contribution >= 4 is 5.97 Å². The van der Waals surface area contributed by atoms with E-state index in [0.29, 0.717) is 5.92 Å². The van der Waals surface area contributed by atoms with Crippen molar-refractivity contribution in [1.82, 2.24) is 5.32 Å². The first-order valence-electron chi connectivity index (χ1n) is 5.09. The minimum Gasteiger partial charge on any atom is -0.469 e. The smallest absolute Gasteiger partial charge is 0.313 e. The first-order valence-corrected chi connectivity index (χ1v) is 5.09. The third-order valence-electron chi connectivity index (χ3n) is 3.66. The molecule has 3 nitrogen and oxygen atoms in total. The number of ether oxygens (including phenoxy) is 1. The summed E-state index contributed by atoms with van der Waals surface area (Å²) in [5.74, 6) is 0.573. The van der Waals surface area contributed by atoms with Crippen molar-refractivity contribution < 1.29 is 9.53 Å². The topological polar surface area (TPSA) is 38.3 Å². The molecule has 2 atom stereocenters. The average Bonchev–Trinajstić information content (AvgIpc) is 2.61. The van der Waals surface area contributed by atoms with Crippen LogP contribution in [0.1, 0.15) is 25.7 Å². The van der Waals surface area contributed by atoms with Crippen molar-refractivity contribution in [1.29, 1.82) is 0 Å². The predicted octanol–water partition coefficient (Wildman–Crippen LogP) is 0.939. The summed E-state index contributed by atoms with van der Waals surface area (Å²) in [5, 5.41) is 3.31. The van der Waals surface area contributed by atoms with Gasteiger partial charge in [0.2, 0.25) is 0 Å². The van der Waals surface area contributed by atoms with Gasteiger partial charge in [0.05, 0.1) is 12.5 Å². The molecule has 0 bridgehead atoms. The monoisotopic (exact) mass is 183 g/mol. The summed E-state index contributed by atoms with van der Waals surface area (Å²) in [6.07, 6.45) is 4.53. The molecule has 0 aromatic carbocycles. The summed E-state index contributed by atoms with van der Waals surface area (Å²) in [5.41, 5.74) is -0.174. The van der Waals surface area contributed by atoms with Crippen LogP contribution in [0.4, 0.5) is 0 Å². The van der Waals surface area contributed by atoms with Crippen molar-refractivity contribution in [2.45, 2.75) is 25.7 Å². The summed E-state index contributed by atoms with van der Waals surface area (Å²) in [6, 6.07) is 0. The standard InChI is InChI=1S/C10H17NO2/c1-13-9(12)10-5-2-3-8(10)4-6-11-7-10/h8,11H,2-7H2,1H3. The molecule has 2 fully saturated rings. The van der Waals surface area contributed by atoms with Gasteiger partial charge in [-0.15, -0.1) is 0 Å². The first-order chi connectivity index (χ1) is 6.29. The molecule has 2 rings (SSSR count). The quantitative estimate of drug-likeness (QED) is 0.615. The van der Waals surface area contributed by atoms with Crippen LogP contribution >= 0.6 is 0 Å². The molecule has 0 amide bonds. The number of carbonyl (C=O) groups is 1. The second kappa shape index (κ2) is 3.29. The molecule has 1 saturated carbocycles. The third-order valence-corrected chi connectivity index (χ3v) is 3.66. The molecular weight excluding hydrogens is 166 g/mol. The average molecular weight is 183 g/mol. The summed E-state index contributed by atoms with van der Waals surface area (Å²) in [7, 11) is 1.50. The van der Waals surface area contributed by atoms with Crippen LogP contribution < -0.4 is 5.32 Å². The molecule has 0 spiro atoms. The SMILES string of the molecule is COC(=O)C12CCCC1CCNC2. The minimum absolute atomic E-state index is 0.00204. The summed E-state index contributed by atoms with van der Waals surface area (Å²) >= 11 is 0. The number of methoxy groups -OCH3 is 1. The number of carbonyl (C=O) groups excluding carboxylic acids is 1. The van der Waals surface area contributed by atoms with Crippen LogP contribution in [0.3, 0.4) is 0 Å². The molecular formula is C10H17NO2. The Kier molecular flexibility index (Phi) is 2.28. The fraction of sp³-hybridized carbons (Fsp3) is 0.900. The van der Waals surface area contributed by atoms with Gasteiger partial charge in [-0.05, 0) is 31.7 Å². The van der Waals surface area contributed by atoms with Gasteiger partial charge in [0.25, 0.3) is 0 Å². The molecule has 1 aliphatic heterocycles. The lowest BCUT2D eigenvalue weighted by Crippen LogP contribution is -2.49. The number of piperidine rings is 1. The normalized spacial score (nSPS) is 38.4. The van der Waals surface area contributed by atoms with E-state index >= 15 is 0 Å². The highest BCUT2D eigenvalue weighted by atomic mass is 16.5. The molecule has 0 radical (unpaired) electrons. The molecule has 1 N–H and O–H groups in total. The van der Waals surface area contributed by atoms with Gasteiger partial charge in [-0.2, -0.15) is 0 Å². The molecule has 2 unspecified atom stereocenters. The summed E-state index contributed by atoms with van der Waals surface area (Å²) < 4.78 is 4.92. The van der Waals surface area contributed by atoms with Crippen LogP contribution in [0.5, 0.6) is 0 Å². The number of rotatable bonds is 1. The zero-order chi connectivity index (χ0) is 9.31. The Labute approximate surface area is 78.8 Å². The van der Waals surface area contributed by atoms with Gasteiger partial charge in [-0.1, -0.05) is 6.42 Å². The van der Waals surface area contributed by atoms with Gasteiger partial charge in [0.15, 0.2) is 0 Å². The predicted molar refractivity (Wildman–Crippen MR) is 49.3 cm³/mol. The minimum atomic E-state index is -0.174. The van der Waals surface area contributed by atoms with Crippen molar-refractivity contribution in [2.24, 2.45) is 11.3 Å². The van der Waals surface area contributed by atoms with E-state index in [1.54, 1.807) is 0 Å². The third kappa shape index (κ3) is 1.26. The van der Waals surface area contributed by atoms with Crippen molar-refractivity contribution in [3.05, 3.63) is 0 Å². The van der Waals surface area contributed by atoms with E-state index in [-0.39, 0.29) is 11.4 Å².